The van der Waals surface area contributed by atoms with Gasteiger partial charge >= 0.3 is 5.69 Å². The Balaban J connectivity index is 1.75. The highest BCUT2D eigenvalue weighted by molar-refractivity contribution is 6.01. The molecule has 0 bridgehead atoms. The van der Waals surface area contributed by atoms with Gasteiger partial charge in [0.15, 0.2) is 0 Å². The Kier molecular flexibility index (Phi) is 4.31. The summed E-state index contributed by atoms with van der Waals surface area (Å²) >= 11 is 0. The molecular weight excluding hydrogens is 327 g/mol. The van der Waals surface area contributed by atoms with Crippen LogP contribution in [-0.2, 0) is 4.79 Å². The predicted molar refractivity (Wildman–Crippen MR) is 88.6 cm³/mol. The largest absolute Gasteiger partial charge is 0.373 e. The van der Waals surface area contributed by atoms with E-state index < -0.39 is 22.5 Å². The molecule has 1 aliphatic rings. The van der Waals surface area contributed by atoms with Crippen molar-refractivity contribution in [2.45, 2.75) is 12.5 Å². The van der Waals surface area contributed by atoms with Gasteiger partial charge in [-0.25, -0.2) is 0 Å². The van der Waals surface area contributed by atoms with E-state index in [-0.39, 0.29) is 5.91 Å². The van der Waals surface area contributed by atoms with E-state index in [9.17, 15) is 19.3 Å². The van der Waals surface area contributed by atoms with Crippen LogP contribution in [0.4, 0.5) is 21.5 Å². The number of carbonyl (C=O) groups is 1. The maximum atomic E-state index is 13.4. The van der Waals surface area contributed by atoms with Crippen LogP contribution in [-0.4, -0.2) is 23.4 Å². The van der Waals surface area contributed by atoms with E-state index in [1.54, 1.807) is 29.2 Å². The van der Waals surface area contributed by atoms with Crippen LogP contribution in [0.2, 0.25) is 0 Å². The number of carbonyl (C=O) groups excluding carboxylic acids is 1. The van der Waals surface area contributed by atoms with Crippen molar-refractivity contribution in [2.24, 2.45) is 0 Å². The Morgan fingerprint density at radius 3 is 2.64 bits per heavy atom. The monoisotopic (exact) mass is 340 g/mol. The Hall–Kier alpha value is -3.47. The van der Waals surface area contributed by atoms with E-state index in [0.29, 0.717) is 29.9 Å². The van der Waals surface area contributed by atoms with Crippen molar-refractivity contribution < 1.29 is 14.1 Å². The van der Waals surface area contributed by atoms with Crippen LogP contribution in [0.5, 0.6) is 0 Å². The van der Waals surface area contributed by atoms with Gasteiger partial charge in [0.05, 0.1) is 16.6 Å². The van der Waals surface area contributed by atoms with Crippen LogP contribution in [0.25, 0.3) is 0 Å². The number of halogens is 1. The van der Waals surface area contributed by atoms with Crippen molar-refractivity contribution in [3.8, 4) is 6.07 Å². The fourth-order valence-corrected chi connectivity index (χ4v) is 2.73. The number of hydrogen-bond acceptors (Lipinski definition) is 5. The molecule has 1 fully saturated rings. The lowest BCUT2D eigenvalue weighted by Crippen LogP contribution is -2.33. The molecular formula is C17H13FN4O3. The Bertz CT molecular complexity index is 876. The van der Waals surface area contributed by atoms with E-state index >= 15 is 0 Å². The number of nitriles is 1. The highest BCUT2D eigenvalue weighted by atomic mass is 19.1. The van der Waals surface area contributed by atoms with E-state index in [1.807, 2.05) is 6.07 Å². The van der Waals surface area contributed by atoms with Crippen LogP contribution < -0.4 is 10.2 Å². The molecule has 1 atom stereocenters. The second kappa shape index (κ2) is 6.57. The number of nitro benzene ring substituents is 1. The summed E-state index contributed by atoms with van der Waals surface area (Å²) in [6.45, 7) is 0.478. The summed E-state index contributed by atoms with van der Waals surface area (Å²) in [6.07, 6.45) is 0.504. The van der Waals surface area contributed by atoms with Crippen LogP contribution in [0, 0.1) is 27.3 Å². The lowest BCUT2D eigenvalue weighted by Gasteiger charge is -2.17. The summed E-state index contributed by atoms with van der Waals surface area (Å²) in [4.78, 5) is 24.1. The lowest BCUT2D eigenvalue weighted by molar-refractivity contribution is -0.387. The fourth-order valence-electron chi connectivity index (χ4n) is 2.73. The third-order valence-electron chi connectivity index (χ3n) is 4.00. The Morgan fingerprint density at radius 1 is 1.28 bits per heavy atom. The zero-order chi connectivity index (χ0) is 18.0. The fraction of sp³-hybridized carbons (Fsp3) is 0.176. The van der Waals surface area contributed by atoms with Gasteiger partial charge in [-0.1, -0.05) is 0 Å². The number of amides is 1. The molecule has 1 unspecified atom stereocenters. The molecule has 0 aromatic heterocycles. The molecule has 0 radical (unpaired) electrons. The summed E-state index contributed by atoms with van der Waals surface area (Å²) in [7, 11) is 0. The molecule has 1 N–H and O–H groups in total. The van der Waals surface area contributed by atoms with Crippen LogP contribution >= 0.6 is 0 Å². The molecule has 7 nitrogen and oxygen atoms in total. The summed E-state index contributed by atoms with van der Waals surface area (Å²) in [5.41, 5.74) is 0.856. The number of nitrogens with one attached hydrogen (secondary N) is 1. The Morgan fingerprint density at radius 2 is 2.00 bits per heavy atom. The molecule has 126 valence electrons. The van der Waals surface area contributed by atoms with E-state index in [2.05, 4.69) is 5.32 Å². The smallest absolute Gasteiger partial charge is 0.306 e. The summed E-state index contributed by atoms with van der Waals surface area (Å²) in [5.74, 6) is -1.11. The van der Waals surface area contributed by atoms with Crippen molar-refractivity contribution >= 4 is 23.0 Å². The molecule has 8 heteroatoms. The van der Waals surface area contributed by atoms with Crippen molar-refractivity contribution in [3.63, 3.8) is 0 Å². The van der Waals surface area contributed by atoms with Gasteiger partial charge in [-0.15, -0.1) is 0 Å². The number of benzene rings is 2. The lowest BCUT2D eigenvalue weighted by atomic mass is 10.2. The zero-order valence-electron chi connectivity index (χ0n) is 13.0. The van der Waals surface area contributed by atoms with Gasteiger partial charge in [0.25, 0.3) is 0 Å². The molecule has 1 heterocycles. The summed E-state index contributed by atoms with van der Waals surface area (Å²) in [6, 6.07) is 11.6. The number of anilines is 2. The zero-order valence-corrected chi connectivity index (χ0v) is 13.0. The maximum absolute atomic E-state index is 13.4. The highest BCUT2D eigenvalue weighted by Gasteiger charge is 2.32. The van der Waals surface area contributed by atoms with Crippen molar-refractivity contribution in [1.29, 1.82) is 5.26 Å². The first-order valence-corrected chi connectivity index (χ1v) is 7.51. The Labute approximate surface area is 142 Å². The third kappa shape index (κ3) is 3.26. The van der Waals surface area contributed by atoms with E-state index in [1.165, 1.54) is 6.07 Å². The molecule has 1 amide bonds. The number of hydrogen-bond donors (Lipinski definition) is 1. The molecule has 3 rings (SSSR count). The first kappa shape index (κ1) is 16.4. The first-order chi connectivity index (χ1) is 12.0. The van der Waals surface area contributed by atoms with Crippen LogP contribution in [0.15, 0.2) is 42.5 Å². The topological polar surface area (TPSA) is 99.3 Å². The molecule has 0 spiro atoms. The molecule has 1 saturated heterocycles. The molecule has 25 heavy (non-hydrogen) atoms. The average molecular weight is 340 g/mol. The molecule has 2 aromatic carbocycles. The molecule has 1 aliphatic heterocycles. The van der Waals surface area contributed by atoms with Gasteiger partial charge in [-0.05, 0) is 42.8 Å². The predicted octanol–water partition coefficient (Wildman–Crippen LogP) is 2.82. The minimum Gasteiger partial charge on any atom is -0.373 e. The van der Waals surface area contributed by atoms with Crippen LogP contribution in [0.1, 0.15) is 12.0 Å². The molecule has 2 aromatic rings. The number of nitro groups is 1. The SMILES string of the molecule is N#Cc1ccc(N2CCC(Nc3ccc(F)c([N+](=O)[O-])c3)C2=O)cc1. The minimum atomic E-state index is -0.924. The second-order valence-electron chi connectivity index (χ2n) is 5.56. The van der Waals surface area contributed by atoms with Gasteiger partial charge in [-0.2, -0.15) is 9.65 Å². The highest BCUT2D eigenvalue weighted by Crippen LogP contribution is 2.26. The van der Waals surface area contributed by atoms with Crippen molar-refractivity contribution in [3.05, 3.63) is 64.0 Å². The molecule has 0 aliphatic carbocycles. The van der Waals surface area contributed by atoms with Crippen molar-refractivity contribution in [2.75, 3.05) is 16.8 Å². The van der Waals surface area contributed by atoms with Crippen LogP contribution in [0.3, 0.4) is 0 Å². The van der Waals surface area contributed by atoms with Gasteiger partial charge in [0.2, 0.25) is 11.7 Å². The average Bonchev–Trinajstić information content (AvgIpc) is 2.97. The standard InChI is InChI=1S/C17H13FN4O3/c18-14-6-3-12(9-16(14)22(24)25)20-15-7-8-21(17(15)23)13-4-1-11(10-19)2-5-13/h1-6,9,15,20H,7-8H2. The van der Waals surface area contributed by atoms with Crippen molar-refractivity contribution in [1.82, 2.24) is 0 Å². The maximum Gasteiger partial charge on any atom is 0.306 e. The minimum absolute atomic E-state index is 0.184. The normalized spacial score (nSPS) is 16.6. The van der Waals surface area contributed by atoms with Gasteiger partial charge in [-0.3, -0.25) is 14.9 Å². The molecule has 0 saturated carbocycles. The first-order valence-electron chi connectivity index (χ1n) is 7.51. The van der Waals surface area contributed by atoms with Gasteiger partial charge in [0, 0.05) is 24.0 Å². The quantitative estimate of drug-likeness (QED) is 0.681. The summed E-state index contributed by atoms with van der Waals surface area (Å²) < 4.78 is 13.4. The summed E-state index contributed by atoms with van der Waals surface area (Å²) in [5, 5.41) is 22.5. The third-order valence-corrected chi connectivity index (χ3v) is 4.00. The number of rotatable bonds is 4. The van der Waals surface area contributed by atoms with E-state index in [4.69, 9.17) is 5.26 Å². The van der Waals surface area contributed by atoms with E-state index in [0.717, 1.165) is 12.1 Å². The second-order valence-corrected chi connectivity index (χ2v) is 5.56. The van der Waals surface area contributed by atoms with Gasteiger partial charge < -0.3 is 10.2 Å². The number of nitrogens with zero attached hydrogens (tertiary/aromatic N) is 3. The van der Waals surface area contributed by atoms with Gasteiger partial charge in [0.1, 0.15) is 6.04 Å².